The Morgan fingerprint density at radius 2 is 2.10 bits per heavy atom. The first-order valence-electron chi connectivity index (χ1n) is 7.93. The molecule has 1 aliphatic rings. The molecule has 1 fully saturated rings. The molecule has 20 heavy (non-hydrogen) atoms. The summed E-state index contributed by atoms with van der Waals surface area (Å²) in [7, 11) is 0. The fraction of sp³-hybridized carbons (Fsp3) is 0.938. The van der Waals surface area contributed by atoms with Crippen LogP contribution in [0.2, 0.25) is 0 Å². The molecule has 1 aliphatic heterocycles. The van der Waals surface area contributed by atoms with E-state index in [0.717, 1.165) is 32.4 Å². The highest BCUT2D eigenvalue weighted by Crippen LogP contribution is 2.32. The summed E-state index contributed by atoms with van der Waals surface area (Å²) < 4.78 is 5.51. The molecule has 118 valence electrons. The van der Waals surface area contributed by atoms with Crippen molar-refractivity contribution in [3.05, 3.63) is 0 Å². The van der Waals surface area contributed by atoms with Gasteiger partial charge in [0, 0.05) is 25.5 Å². The van der Waals surface area contributed by atoms with Crippen LogP contribution < -0.4 is 11.1 Å². The zero-order chi connectivity index (χ0) is 15.2. The molecule has 1 amide bonds. The molecule has 0 radical (unpaired) electrons. The van der Waals surface area contributed by atoms with E-state index >= 15 is 0 Å². The molecule has 1 heterocycles. The number of nitrogens with two attached hydrogens (primary N) is 1. The predicted octanol–water partition coefficient (Wildman–Crippen LogP) is 2.32. The first-order chi connectivity index (χ1) is 9.34. The maximum atomic E-state index is 12.0. The molecule has 4 heteroatoms. The average Bonchev–Trinajstić information content (AvgIpc) is 2.76. The van der Waals surface area contributed by atoms with Crippen LogP contribution in [-0.4, -0.2) is 31.7 Å². The van der Waals surface area contributed by atoms with Gasteiger partial charge in [0.2, 0.25) is 5.91 Å². The molecule has 3 atom stereocenters. The average molecular weight is 284 g/mol. The Balaban J connectivity index is 2.27. The summed E-state index contributed by atoms with van der Waals surface area (Å²) in [4.78, 5) is 12.0. The standard InChI is InChI=1S/C16H32N2O2/c1-12-13(8-10-20-12)11-18-15(19)6-5-14(7-9-17)16(2,3)4/h12-14H,5-11,17H2,1-4H3,(H,18,19). The minimum Gasteiger partial charge on any atom is -0.378 e. The Morgan fingerprint density at radius 3 is 2.60 bits per heavy atom. The highest BCUT2D eigenvalue weighted by Gasteiger charge is 2.26. The number of hydrogen-bond acceptors (Lipinski definition) is 3. The van der Waals surface area contributed by atoms with E-state index in [-0.39, 0.29) is 17.4 Å². The first kappa shape index (κ1) is 17.4. The zero-order valence-electron chi connectivity index (χ0n) is 13.6. The topological polar surface area (TPSA) is 64.3 Å². The minimum atomic E-state index is 0.162. The Morgan fingerprint density at radius 1 is 1.40 bits per heavy atom. The molecule has 1 rings (SSSR count). The van der Waals surface area contributed by atoms with E-state index in [0.29, 0.717) is 24.8 Å². The molecule has 1 saturated heterocycles. The molecule has 0 spiro atoms. The molecular weight excluding hydrogens is 252 g/mol. The van der Waals surface area contributed by atoms with Gasteiger partial charge in [-0.1, -0.05) is 20.8 Å². The molecular formula is C16H32N2O2. The van der Waals surface area contributed by atoms with Gasteiger partial charge in [-0.25, -0.2) is 0 Å². The van der Waals surface area contributed by atoms with Crippen molar-refractivity contribution >= 4 is 5.91 Å². The van der Waals surface area contributed by atoms with Crippen LogP contribution in [0.25, 0.3) is 0 Å². The second-order valence-electron chi connectivity index (χ2n) is 7.11. The molecule has 0 saturated carbocycles. The van der Waals surface area contributed by atoms with Crippen LogP contribution in [0.1, 0.15) is 53.4 Å². The van der Waals surface area contributed by atoms with E-state index in [1.54, 1.807) is 0 Å². The predicted molar refractivity (Wildman–Crippen MR) is 82.4 cm³/mol. The number of rotatable bonds is 7. The molecule has 0 aromatic heterocycles. The highest BCUT2D eigenvalue weighted by molar-refractivity contribution is 5.75. The van der Waals surface area contributed by atoms with Crippen molar-refractivity contribution in [1.29, 1.82) is 0 Å². The lowest BCUT2D eigenvalue weighted by Gasteiger charge is -2.30. The molecule has 0 bridgehead atoms. The minimum absolute atomic E-state index is 0.162. The van der Waals surface area contributed by atoms with Crippen molar-refractivity contribution < 1.29 is 9.53 Å². The summed E-state index contributed by atoms with van der Waals surface area (Å²) >= 11 is 0. The SMILES string of the molecule is CC1OCCC1CNC(=O)CCC(CCN)C(C)(C)C. The maximum absolute atomic E-state index is 12.0. The molecule has 0 aromatic rings. The third kappa shape index (κ3) is 5.80. The normalized spacial score (nSPS) is 24.6. The number of hydrogen-bond donors (Lipinski definition) is 2. The van der Waals surface area contributed by atoms with Crippen LogP contribution in [-0.2, 0) is 9.53 Å². The molecule has 0 aromatic carbocycles. The first-order valence-corrected chi connectivity index (χ1v) is 7.93. The summed E-state index contributed by atoms with van der Waals surface area (Å²) in [6, 6.07) is 0. The lowest BCUT2D eigenvalue weighted by molar-refractivity contribution is -0.121. The van der Waals surface area contributed by atoms with Crippen molar-refractivity contribution in [3.8, 4) is 0 Å². The van der Waals surface area contributed by atoms with E-state index in [1.807, 2.05) is 0 Å². The van der Waals surface area contributed by atoms with E-state index < -0.39 is 0 Å². The summed E-state index contributed by atoms with van der Waals surface area (Å²) in [6.07, 6.45) is 3.84. The van der Waals surface area contributed by atoms with Crippen molar-refractivity contribution in [2.75, 3.05) is 19.7 Å². The Kier molecular flexibility index (Phi) is 6.96. The monoisotopic (exact) mass is 284 g/mol. The third-order valence-electron chi connectivity index (χ3n) is 4.55. The lowest BCUT2D eigenvalue weighted by atomic mass is 9.76. The van der Waals surface area contributed by atoms with Gasteiger partial charge >= 0.3 is 0 Å². The fourth-order valence-electron chi connectivity index (χ4n) is 2.89. The van der Waals surface area contributed by atoms with Gasteiger partial charge in [-0.15, -0.1) is 0 Å². The number of ether oxygens (including phenoxy) is 1. The van der Waals surface area contributed by atoms with E-state index in [2.05, 4.69) is 33.0 Å². The second kappa shape index (κ2) is 7.99. The van der Waals surface area contributed by atoms with Gasteiger partial charge in [0.1, 0.15) is 0 Å². The quantitative estimate of drug-likeness (QED) is 0.754. The maximum Gasteiger partial charge on any atom is 0.220 e. The van der Waals surface area contributed by atoms with Gasteiger partial charge in [0.05, 0.1) is 6.10 Å². The van der Waals surface area contributed by atoms with Crippen LogP contribution in [0.4, 0.5) is 0 Å². The number of nitrogens with one attached hydrogen (secondary N) is 1. The van der Waals surface area contributed by atoms with Crippen molar-refractivity contribution in [2.24, 2.45) is 23.0 Å². The van der Waals surface area contributed by atoms with Gasteiger partial charge in [-0.05, 0) is 44.1 Å². The van der Waals surface area contributed by atoms with Gasteiger partial charge in [0.25, 0.3) is 0 Å². The van der Waals surface area contributed by atoms with E-state index in [9.17, 15) is 4.79 Å². The smallest absolute Gasteiger partial charge is 0.220 e. The van der Waals surface area contributed by atoms with Gasteiger partial charge in [0.15, 0.2) is 0 Å². The third-order valence-corrected chi connectivity index (χ3v) is 4.55. The van der Waals surface area contributed by atoms with Crippen molar-refractivity contribution in [3.63, 3.8) is 0 Å². The molecule has 0 aliphatic carbocycles. The van der Waals surface area contributed by atoms with E-state index in [1.165, 1.54) is 0 Å². The highest BCUT2D eigenvalue weighted by atomic mass is 16.5. The molecule has 4 nitrogen and oxygen atoms in total. The lowest BCUT2D eigenvalue weighted by Crippen LogP contribution is -2.33. The van der Waals surface area contributed by atoms with Crippen molar-refractivity contribution in [1.82, 2.24) is 5.32 Å². The summed E-state index contributed by atoms with van der Waals surface area (Å²) in [6.45, 7) is 11.0. The Bertz CT molecular complexity index is 299. The molecule has 3 unspecified atom stereocenters. The van der Waals surface area contributed by atoms with Crippen LogP contribution in [0.5, 0.6) is 0 Å². The Labute approximate surface area is 123 Å². The van der Waals surface area contributed by atoms with Gasteiger partial charge < -0.3 is 15.8 Å². The number of carbonyl (C=O) groups excluding carboxylic acids is 1. The fourth-order valence-corrected chi connectivity index (χ4v) is 2.89. The van der Waals surface area contributed by atoms with E-state index in [4.69, 9.17) is 10.5 Å². The summed E-state index contributed by atoms with van der Waals surface area (Å²) in [5.74, 6) is 1.14. The molecule has 3 N–H and O–H groups in total. The summed E-state index contributed by atoms with van der Waals surface area (Å²) in [5, 5.41) is 3.05. The number of carbonyl (C=O) groups is 1. The van der Waals surface area contributed by atoms with Crippen LogP contribution in [0, 0.1) is 17.3 Å². The zero-order valence-corrected chi connectivity index (χ0v) is 13.6. The Hall–Kier alpha value is -0.610. The van der Waals surface area contributed by atoms with Crippen LogP contribution in [0.15, 0.2) is 0 Å². The van der Waals surface area contributed by atoms with Crippen molar-refractivity contribution in [2.45, 2.75) is 59.5 Å². The van der Waals surface area contributed by atoms with Gasteiger partial charge in [-0.2, -0.15) is 0 Å². The van der Waals surface area contributed by atoms with Crippen LogP contribution >= 0.6 is 0 Å². The van der Waals surface area contributed by atoms with Gasteiger partial charge in [-0.3, -0.25) is 4.79 Å². The van der Waals surface area contributed by atoms with Crippen LogP contribution in [0.3, 0.4) is 0 Å². The largest absolute Gasteiger partial charge is 0.378 e. The number of amides is 1. The summed E-state index contributed by atoms with van der Waals surface area (Å²) in [5.41, 5.74) is 5.89. The second-order valence-corrected chi connectivity index (χ2v) is 7.11.